The van der Waals surface area contributed by atoms with Crippen LogP contribution in [0.15, 0.2) is 18.5 Å². The van der Waals surface area contributed by atoms with Crippen molar-refractivity contribution in [3.8, 4) is 5.75 Å². The van der Waals surface area contributed by atoms with Crippen molar-refractivity contribution in [3.63, 3.8) is 0 Å². The van der Waals surface area contributed by atoms with E-state index in [1.807, 2.05) is 6.20 Å². The highest BCUT2D eigenvalue weighted by Crippen LogP contribution is 2.27. The fourth-order valence-corrected chi connectivity index (χ4v) is 1.94. The average Bonchev–Trinajstić information content (AvgIpc) is 2.39. The molecule has 0 bridgehead atoms. The SMILES string of the molecule is CCCCC(NCCC)c1ccncc1OC. The molecule has 0 spiro atoms. The molecule has 1 aromatic heterocycles. The van der Waals surface area contributed by atoms with Crippen molar-refractivity contribution < 1.29 is 4.74 Å². The maximum absolute atomic E-state index is 5.38. The summed E-state index contributed by atoms with van der Waals surface area (Å²) in [5.41, 5.74) is 1.23. The van der Waals surface area contributed by atoms with Gasteiger partial charge in [-0.1, -0.05) is 26.7 Å². The fraction of sp³-hybridized carbons (Fsp3) is 0.643. The maximum atomic E-state index is 5.38. The molecule has 1 unspecified atom stereocenters. The highest BCUT2D eigenvalue weighted by molar-refractivity contribution is 5.32. The Morgan fingerprint density at radius 1 is 1.35 bits per heavy atom. The zero-order valence-corrected chi connectivity index (χ0v) is 11.2. The Labute approximate surface area is 105 Å². The minimum Gasteiger partial charge on any atom is -0.495 e. The summed E-state index contributed by atoms with van der Waals surface area (Å²) >= 11 is 0. The molecular weight excluding hydrogens is 212 g/mol. The Hall–Kier alpha value is -1.09. The first-order chi connectivity index (χ1) is 8.33. The van der Waals surface area contributed by atoms with Gasteiger partial charge in [-0.2, -0.15) is 0 Å². The molecule has 1 atom stereocenters. The Morgan fingerprint density at radius 3 is 2.82 bits per heavy atom. The predicted molar refractivity (Wildman–Crippen MR) is 71.3 cm³/mol. The van der Waals surface area contributed by atoms with E-state index in [2.05, 4.69) is 30.2 Å². The molecule has 0 amide bonds. The Kier molecular flexibility index (Phi) is 6.63. The molecule has 0 aromatic carbocycles. The van der Waals surface area contributed by atoms with Gasteiger partial charge in [0.15, 0.2) is 0 Å². The number of hydrogen-bond acceptors (Lipinski definition) is 3. The molecule has 17 heavy (non-hydrogen) atoms. The van der Waals surface area contributed by atoms with Gasteiger partial charge in [-0.25, -0.2) is 0 Å². The Morgan fingerprint density at radius 2 is 2.18 bits per heavy atom. The molecule has 96 valence electrons. The van der Waals surface area contributed by atoms with Gasteiger partial charge in [0, 0.05) is 17.8 Å². The molecule has 0 saturated carbocycles. The van der Waals surface area contributed by atoms with Crippen LogP contribution in [-0.4, -0.2) is 18.6 Å². The molecule has 1 N–H and O–H groups in total. The van der Waals surface area contributed by atoms with Crippen LogP contribution in [-0.2, 0) is 0 Å². The van der Waals surface area contributed by atoms with Gasteiger partial charge in [0.1, 0.15) is 5.75 Å². The molecule has 1 aromatic rings. The second kappa shape index (κ2) is 8.07. The normalized spacial score (nSPS) is 12.4. The Balaban J connectivity index is 2.78. The van der Waals surface area contributed by atoms with E-state index in [0.29, 0.717) is 6.04 Å². The van der Waals surface area contributed by atoms with Crippen LogP contribution in [0.2, 0.25) is 0 Å². The smallest absolute Gasteiger partial charge is 0.141 e. The average molecular weight is 236 g/mol. The third-order valence-electron chi connectivity index (χ3n) is 2.90. The van der Waals surface area contributed by atoms with Gasteiger partial charge in [-0.3, -0.25) is 4.98 Å². The van der Waals surface area contributed by atoms with Crippen LogP contribution in [0.3, 0.4) is 0 Å². The number of aromatic nitrogens is 1. The zero-order valence-electron chi connectivity index (χ0n) is 11.2. The molecule has 0 fully saturated rings. The Bertz CT molecular complexity index is 307. The molecule has 0 radical (unpaired) electrons. The van der Waals surface area contributed by atoms with Crippen molar-refractivity contribution in [2.45, 2.75) is 45.6 Å². The van der Waals surface area contributed by atoms with Crippen LogP contribution in [0.4, 0.5) is 0 Å². The molecular formula is C14H24N2O. The molecule has 1 heterocycles. The standard InChI is InChI=1S/C14H24N2O/c1-4-6-7-13(16-9-5-2)12-8-10-15-11-14(12)17-3/h8,10-11,13,16H,4-7,9H2,1-3H3. The topological polar surface area (TPSA) is 34.2 Å². The molecule has 0 aliphatic heterocycles. The molecule has 1 rings (SSSR count). The van der Waals surface area contributed by atoms with Crippen LogP contribution >= 0.6 is 0 Å². The first-order valence-corrected chi connectivity index (χ1v) is 6.54. The van der Waals surface area contributed by atoms with Crippen molar-refractivity contribution >= 4 is 0 Å². The summed E-state index contributed by atoms with van der Waals surface area (Å²) in [7, 11) is 1.71. The lowest BCUT2D eigenvalue weighted by molar-refractivity contribution is 0.390. The molecule has 3 heteroatoms. The number of ether oxygens (including phenoxy) is 1. The fourth-order valence-electron chi connectivity index (χ4n) is 1.94. The number of rotatable bonds is 8. The van der Waals surface area contributed by atoms with Crippen molar-refractivity contribution in [2.24, 2.45) is 0 Å². The van der Waals surface area contributed by atoms with Crippen LogP contribution < -0.4 is 10.1 Å². The van der Waals surface area contributed by atoms with E-state index < -0.39 is 0 Å². The van der Waals surface area contributed by atoms with E-state index >= 15 is 0 Å². The van der Waals surface area contributed by atoms with E-state index in [0.717, 1.165) is 25.1 Å². The number of pyridine rings is 1. The lowest BCUT2D eigenvalue weighted by atomic mass is 10.0. The number of nitrogens with one attached hydrogen (secondary N) is 1. The van der Waals surface area contributed by atoms with Gasteiger partial charge in [0.05, 0.1) is 13.3 Å². The van der Waals surface area contributed by atoms with Gasteiger partial charge < -0.3 is 10.1 Å². The summed E-state index contributed by atoms with van der Waals surface area (Å²) in [5, 5.41) is 3.59. The van der Waals surface area contributed by atoms with Gasteiger partial charge >= 0.3 is 0 Å². The second-order valence-corrected chi connectivity index (χ2v) is 4.27. The van der Waals surface area contributed by atoms with Crippen LogP contribution in [0, 0.1) is 0 Å². The van der Waals surface area contributed by atoms with Gasteiger partial charge in [0.25, 0.3) is 0 Å². The number of hydrogen-bond donors (Lipinski definition) is 1. The van der Waals surface area contributed by atoms with Crippen LogP contribution in [0.5, 0.6) is 5.75 Å². The third kappa shape index (κ3) is 4.35. The van der Waals surface area contributed by atoms with Gasteiger partial charge in [0.2, 0.25) is 0 Å². The lowest BCUT2D eigenvalue weighted by Gasteiger charge is -2.20. The largest absolute Gasteiger partial charge is 0.495 e. The molecule has 0 aliphatic rings. The van der Waals surface area contributed by atoms with Crippen molar-refractivity contribution in [1.82, 2.24) is 10.3 Å². The van der Waals surface area contributed by atoms with Crippen molar-refractivity contribution in [3.05, 3.63) is 24.0 Å². The summed E-state index contributed by atoms with van der Waals surface area (Å²) in [6, 6.07) is 2.44. The van der Waals surface area contributed by atoms with Gasteiger partial charge in [-0.15, -0.1) is 0 Å². The molecule has 0 aliphatic carbocycles. The summed E-state index contributed by atoms with van der Waals surface area (Å²) in [6.07, 6.45) is 8.38. The summed E-state index contributed by atoms with van der Waals surface area (Å²) in [4.78, 5) is 4.11. The monoisotopic (exact) mass is 236 g/mol. The summed E-state index contributed by atoms with van der Waals surface area (Å²) in [5.74, 6) is 0.886. The number of methoxy groups -OCH3 is 1. The second-order valence-electron chi connectivity index (χ2n) is 4.27. The first kappa shape index (κ1) is 14.0. The molecule has 3 nitrogen and oxygen atoms in total. The predicted octanol–water partition coefficient (Wildman–Crippen LogP) is 3.32. The van der Waals surface area contributed by atoms with Crippen LogP contribution in [0.25, 0.3) is 0 Å². The first-order valence-electron chi connectivity index (χ1n) is 6.54. The minimum absolute atomic E-state index is 0.382. The molecule has 0 saturated heterocycles. The van der Waals surface area contributed by atoms with Gasteiger partial charge in [-0.05, 0) is 25.5 Å². The highest BCUT2D eigenvalue weighted by Gasteiger charge is 2.14. The van der Waals surface area contributed by atoms with E-state index in [-0.39, 0.29) is 0 Å². The highest BCUT2D eigenvalue weighted by atomic mass is 16.5. The summed E-state index contributed by atoms with van der Waals surface area (Å²) in [6.45, 7) is 5.45. The third-order valence-corrected chi connectivity index (χ3v) is 2.90. The van der Waals surface area contributed by atoms with Crippen molar-refractivity contribution in [1.29, 1.82) is 0 Å². The lowest BCUT2D eigenvalue weighted by Crippen LogP contribution is -2.22. The van der Waals surface area contributed by atoms with E-state index in [4.69, 9.17) is 4.74 Å². The van der Waals surface area contributed by atoms with E-state index in [1.54, 1.807) is 13.3 Å². The van der Waals surface area contributed by atoms with Crippen LogP contribution in [0.1, 0.15) is 51.1 Å². The van der Waals surface area contributed by atoms with E-state index in [1.165, 1.54) is 18.4 Å². The van der Waals surface area contributed by atoms with E-state index in [9.17, 15) is 0 Å². The number of unbranched alkanes of at least 4 members (excludes halogenated alkanes) is 1. The summed E-state index contributed by atoms with van der Waals surface area (Å²) < 4.78 is 5.38. The minimum atomic E-state index is 0.382. The van der Waals surface area contributed by atoms with Crippen molar-refractivity contribution in [2.75, 3.05) is 13.7 Å². The maximum Gasteiger partial charge on any atom is 0.141 e. The number of nitrogens with zero attached hydrogens (tertiary/aromatic N) is 1. The quantitative estimate of drug-likeness (QED) is 0.752. The zero-order chi connectivity index (χ0) is 12.5.